The second-order valence-corrected chi connectivity index (χ2v) is 3.46. The van der Waals surface area contributed by atoms with Crippen LogP contribution < -0.4 is 5.73 Å². The van der Waals surface area contributed by atoms with Crippen molar-refractivity contribution >= 4 is 11.7 Å². The molecule has 6 nitrogen and oxygen atoms in total. The third kappa shape index (κ3) is 2.41. The van der Waals surface area contributed by atoms with Gasteiger partial charge in [-0.25, -0.2) is 9.42 Å². The maximum absolute atomic E-state index is 11.7. The summed E-state index contributed by atoms with van der Waals surface area (Å²) in [4.78, 5) is 11.7. The fourth-order valence-corrected chi connectivity index (χ4v) is 1.28. The molecule has 0 aliphatic rings. The summed E-state index contributed by atoms with van der Waals surface area (Å²) in [5.41, 5.74) is 7.46. The molecule has 1 aromatic carbocycles. The fourth-order valence-electron chi connectivity index (χ4n) is 1.28. The molecular weight excluding hydrogens is 222 g/mol. The van der Waals surface area contributed by atoms with Crippen LogP contribution in [0.15, 0.2) is 28.9 Å². The third-order valence-electron chi connectivity index (χ3n) is 2.27. The maximum Gasteiger partial charge on any atom is 0.340 e. The van der Waals surface area contributed by atoms with E-state index in [0.717, 1.165) is 0 Å². The number of benzene rings is 1. The Morgan fingerprint density at radius 2 is 2.18 bits per heavy atom. The van der Waals surface area contributed by atoms with E-state index in [-0.39, 0.29) is 6.61 Å². The lowest BCUT2D eigenvalue weighted by molar-refractivity contribution is 0.0464. The number of carbonyl (C=O) groups excluding carboxylic acids is 1. The number of para-hydroxylation sites is 1. The highest BCUT2D eigenvalue weighted by Crippen LogP contribution is 2.13. The molecule has 0 aliphatic carbocycles. The van der Waals surface area contributed by atoms with Crippen molar-refractivity contribution in [2.24, 2.45) is 0 Å². The number of hydrogen-bond donors (Lipinski definition) is 1. The minimum Gasteiger partial charge on any atom is -0.455 e. The number of esters is 1. The molecule has 2 aromatic rings. The molecule has 0 radical (unpaired) electrons. The highest BCUT2D eigenvalue weighted by Gasteiger charge is 2.13. The second-order valence-electron chi connectivity index (χ2n) is 3.46. The second kappa shape index (κ2) is 4.65. The van der Waals surface area contributed by atoms with Crippen LogP contribution >= 0.6 is 0 Å². The van der Waals surface area contributed by atoms with E-state index in [9.17, 15) is 4.79 Å². The van der Waals surface area contributed by atoms with Crippen LogP contribution in [-0.2, 0) is 11.3 Å². The molecule has 0 saturated heterocycles. The van der Waals surface area contributed by atoms with E-state index in [2.05, 4.69) is 14.9 Å². The summed E-state index contributed by atoms with van der Waals surface area (Å²) < 4.78 is 9.54. The molecule has 0 saturated carbocycles. The number of hydrogen-bond acceptors (Lipinski definition) is 6. The van der Waals surface area contributed by atoms with E-state index >= 15 is 0 Å². The average molecular weight is 233 g/mol. The molecule has 0 amide bonds. The van der Waals surface area contributed by atoms with E-state index < -0.39 is 5.97 Å². The van der Waals surface area contributed by atoms with Gasteiger partial charge >= 0.3 is 5.97 Å². The van der Waals surface area contributed by atoms with E-state index in [1.807, 2.05) is 0 Å². The van der Waals surface area contributed by atoms with Crippen LogP contribution in [0.3, 0.4) is 0 Å². The smallest absolute Gasteiger partial charge is 0.340 e. The van der Waals surface area contributed by atoms with Crippen LogP contribution in [0.25, 0.3) is 0 Å². The summed E-state index contributed by atoms with van der Waals surface area (Å²) in [7, 11) is 0. The molecule has 0 atom stereocenters. The molecule has 1 aromatic heterocycles. The van der Waals surface area contributed by atoms with Gasteiger partial charge in [-0.05, 0) is 19.1 Å². The Bertz CT molecular complexity index is 536. The molecule has 0 spiro atoms. The highest BCUT2D eigenvalue weighted by molar-refractivity contribution is 5.94. The summed E-state index contributed by atoms with van der Waals surface area (Å²) in [5, 5.41) is 7.19. The number of carbonyl (C=O) groups is 1. The quantitative estimate of drug-likeness (QED) is 0.635. The van der Waals surface area contributed by atoms with E-state index in [0.29, 0.717) is 22.6 Å². The standard InChI is InChI=1S/C11H11N3O3/c1-7-10(14-17-13-7)6-16-11(15)8-4-2-3-5-9(8)12/h2-5H,6,12H2,1H3. The first-order valence-corrected chi connectivity index (χ1v) is 4.98. The zero-order chi connectivity index (χ0) is 12.3. The van der Waals surface area contributed by atoms with Gasteiger partial charge in [0.05, 0.1) is 5.56 Å². The summed E-state index contributed by atoms with van der Waals surface area (Å²) in [6.07, 6.45) is 0. The monoisotopic (exact) mass is 233 g/mol. The first-order valence-electron chi connectivity index (χ1n) is 4.98. The maximum atomic E-state index is 11.7. The van der Waals surface area contributed by atoms with Crippen LogP contribution in [-0.4, -0.2) is 16.3 Å². The van der Waals surface area contributed by atoms with Gasteiger partial charge in [-0.1, -0.05) is 22.4 Å². The molecule has 1 heterocycles. The van der Waals surface area contributed by atoms with Crippen molar-refractivity contribution in [3.05, 3.63) is 41.2 Å². The van der Waals surface area contributed by atoms with Gasteiger partial charge in [-0.15, -0.1) is 0 Å². The van der Waals surface area contributed by atoms with Crippen LogP contribution in [0.5, 0.6) is 0 Å². The van der Waals surface area contributed by atoms with E-state index in [4.69, 9.17) is 10.5 Å². The summed E-state index contributed by atoms with van der Waals surface area (Å²) in [6, 6.07) is 6.71. The van der Waals surface area contributed by atoms with E-state index in [1.165, 1.54) is 0 Å². The molecule has 0 unspecified atom stereocenters. The summed E-state index contributed by atoms with van der Waals surface area (Å²) in [5.74, 6) is -0.495. The number of nitrogen functional groups attached to an aromatic ring is 1. The van der Waals surface area contributed by atoms with Gasteiger partial charge in [-0.2, -0.15) is 0 Å². The van der Waals surface area contributed by atoms with Crippen LogP contribution in [0.2, 0.25) is 0 Å². The topological polar surface area (TPSA) is 91.2 Å². The lowest BCUT2D eigenvalue weighted by Gasteiger charge is -2.04. The summed E-state index contributed by atoms with van der Waals surface area (Å²) in [6.45, 7) is 1.74. The Kier molecular flexibility index (Phi) is 3.04. The Morgan fingerprint density at radius 3 is 2.82 bits per heavy atom. The fraction of sp³-hybridized carbons (Fsp3) is 0.182. The van der Waals surface area contributed by atoms with Crippen molar-refractivity contribution in [2.45, 2.75) is 13.5 Å². The number of aromatic nitrogens is 2. The average Bonchev–Trinajstić information content (AvgIpc) is 2.72. The Hall–Kier alpha value is -2.37. The van der Waals surface area contributed by atoms with Gasteiger partial charge in [0, 0.05) is 5.69 Å². The number of rotatable bonds is 3. The van der Waals surface area contributed by atoms with Crippen molar-refractivity contribution in [3.63, 3.8) is 0 Å². The molecule has 2 N–H and O–H groups in total. The predicted octanol–water partition coefficient (Wildman–Crippen LogP) is 1.32. The van der Waals surface area contributed by atoms with Gasteiger partial charge in [0.1, 0.15) is 18.0 Å². The lowest BCUT2D eigenvalue weighted by atomic mass is 10.2. The molecule has 0 aliphatic heterocycles. The molecule has 0 bridgehead atoms. The van der Waals surface area contributed by atoms with Crippen LogP contribution in [0.4, 0.5) is 5.69 Å². The van der Waals surface area contributed by atoms with E-state index in [1.54, 1.807) is 31.2 Å². The molecule has 17 heavy (non-hydrogen) atoms. The van der Waals surface area contributed by atoms with Gasteiger partial charge in [-0.3, -0.25) is 0 Å². The number of ether oxygens (including phenoxy) is 1. The third-order valence-corrected chi connectivity index (χ3v) is 2.27. The SMILES string of the molecule is Cc1nonc1COC(=O)c1ccccc1N. The zero-order valence-electron chi connectivity index (χ0n) is 9.21. The minimum atomic E-state index is -0.495. The highest BCUT2D eigenvalue weighted by atomic mass is 16.6. The Balaban J connectivity index is 2.04. The number of aryl methyl sites for hydroxylation is 1. The van der Waals surface area contributed by atoms with Crippen molar-refractivity contribution < 1.29 is 14.2 Å². The largest absolute Gasteiger partial charge is 0.455 e. The lowest BCUT2D eigenvalue weighted by Crippen LogP contribution is -2.08. The van der Waals surface area contributed by atoms with Crippen molar-refractivity contribution in [1.82, 2.24) is 10.3 Å². The zero-order valence-corrected chi connectivity index (χ0v) is 9.21. The van der Waals surface area contributed by atoms with Crippen molar-refractivity contribution in [2.75, 3.05) is 5.73 Å². The Labute approximate surface area is 97.3 Å². The molecular formula is C11H11N3O3. The summed E-state index contributed by atoms with van der Waals surface area (Å²) >= 11 is 0. The minimum absolute atomic E-state index is 0.0164. The van der Waals surface area contributed by atoms with Crippen molar-refractivity contribution in [1.29, 1.82) is 0 Å². The first kappa shape index (κ1) is 11.1. The van der Waals surface area contributed by atoms with Crippen LogP contribution in [0, 0.1) is 6.92 Å². The Morgan fingerprint density at radius 1 is 1.41 bits per heavy atom. The molecule has 2 rings (SSSR count). The van der Waals surface area contributed by atoms with Gasteiger partial charge in [0.15, 0.2) is 0 Å². The first-order chi connectivity index (χ1) is 8.18. The normalized spacial score (nSPS) is 10.2. The van der Waals surface area contributed by atoms with Crippen molar-refractivity contribution in [3.8, 4) is 0 Å². The predicted molar refractivity (Wildman–Crippen MR) is 59.0 cm³/mol. The molecule has 0 fully saturated rings. The van der Waals surface area contributed by atoms with Gasteiger partial charge < -0.3 is 10.5 Å². The van der Waals surface area contributed by atoms with Gasteiger partial charge in [0.25, 0.3) is 0 Å². The number of nitrogens with zero attached hydrogens (tertiary/aromatic N) is 2. The van der Waals surface area contributed by atoms with Crippen LogP contribution in [0.1, 0.15) is 21.7 Å². The number of nitrogens with two attached hydrogens (primary N) is 1. The van der Waals surface area contributed by atoms with Gasteiger partial charge in [0.2, 0.25) is 0 Å². The molecule has 88 valence electrons. The molecule has 6 heteroatoms. The number of anilines is 1.